The predicted octanol–water partition coefficient (Wildman–Crippen LogP) is 4.76. The number of hydrogen-bond acceptors (Lipinski definition) is 6. The molecule has 0 radical (unpaired) electrons. The third-order valence-electron chi connectivity index (χ3n) is 6.28. The number of para-hydroxylation sites is 2. The van der Waals surface area contributed by atoms with Gasteiger partial charge < -0.3 is 29.6 Å². The molecule has 0 fully saturated rings. The minimum absolute atomic E-state index is 0.0984. The van der Waals surface area contributed by atoms with E-state index in [1.807, 2.05) is 43.4 Å². The second-order valence-corrected chi connectivity index (χ2v) is 8.43. The normalized spacial score (nSPS) is 15.1. The number of hydrogen-bond donors (Lipinski definition) is 2. The van der Waals surface area contributed by atoms with Crippen molar-refractivity contribution < 1.29 is 23.8 Å². The van der Waals surface area contributed by atoms with E-state index in [-0.39, 0.29) is 12.5 Å². The topological polar surface area (TPSA) is 98.2 Å². The molecule has 0 bridgehead atoms. The van der Waals surface area contributed by atoms with E-state index in [4.69, 9.17) is 19.6 Å². The summed E-state index contributed by atoms with van der Waals surface area (Å²) in [5, 5.41) is 10.3. The fourth-order valence-corrected chi connectivity index (χ4v) is 4.70. The van der Waals surface area contributed by atoms with Crippen molar-refractivity contribution in [3.8, 4) is 22.6 Å². The lowest BCUT2D eigenvalue weighted by Crippen LogP contribution is -2.32. The van der Waals surface area contributed by atoms with E-state index in [9.17, 15) is 9.90 Å². The van der Waals surface area contributed by atoms with Crippen LogP contribution in [0.4, 0.5) is 5.69 Å². The van der Waals surface area contributed by atoms with Gasteiger partial charge in [-0.05, 0) is 29.8 Å². The Hall–Kier alpha value is -3.97. The van der Waals surface area contributed by atoms with Gasteiger partial charge in [-0.25, -0.2) is 0 Å². The second kappa shape index (κ2) is 8.76. The highest BCUT2D eigenvalue weighted by Crippen LogP contribution is 2.43. The Balaban J connectivity index is 1.63. The fourth-order valence-electron chi connectivity index (χ4n) is 4.70. The van der Waals surface area contributed by atoms with Crippen LogP contribution in [0.15, 0.2) is 65.3 Å². The van der Waals surface area contributed by atoms with E-state index >= 15 is 0 Å². The predicted molar refractivity (Wildman–Crippen MR) is 131 cm³/mol. The number of furan rings is 1. The van der Waals surface area contributed by atoms with E-state index < -0.39 is 5.97 Å². The van der Waals surface area contributed by atoms with Gasteiger partial charge in [-0.3, -0.25) is 4.79 Å². The van der Waals surface area contributed by atoms with Gasteiger partial charge in [0.25, 0.3) is 0 Å². The zero-order valence-corrected chi connectivity index (χ0v) is 19.1. The van der Waals surface area contributed by atoms with Crippen LogP contribution in [0.1, 0.15) is 22.8 Å². The molecule has 0 aliphatic carbocycles. The molecular formula is C27H26N2O5. The first-order valence-electron chi connectivity index (χ1n) is 11.1. The fraction of sp³-hybridized carbons (Fsp3) is 0.222. The van der Waals surface area contributed by atoms with Crippen molar-refractivity contribution in [1.82, 2.24) is 0 Å². The van der Waals surface area contributed by atoms with Crippen molar-refractivity contribution in [1.29, 1.82) is 0 Å². The average molecular weight is 459 g/mol. The van der Waals surface area contributed by atoms with Gasteiger partial charge in [0.05, 0.1) is 32.0 Å². The number of benzene rings is 3. The minimum Gasteiger partial charge on any atom is -0.496 e. The van der Waals surface area contributed by atoms with Crippen molar-refractivity contribution in [3.63, 3.8) is 0 Å². The van der Waals surface area contributed by atoms with Crippen LogP contribution >= 0.6 is 0 Å². The Morgan fingerprint density at radius 2 is 1.94 bits per heavy atom. The number of nitrogens with two attached hydrogens (primary N) is 1. The van der Waals surface area contributed by atoms with Crippen LogP contribution < -0.4 is 20.1 Å². The summed E-state index contributed by atoms with van der Waals surface area (Å²) in [5.74, 6) is 0.437. The van der Waals surface area contributed by atoms with Gasteiger partial charge in [0.15, 0.2) is 0 Å². The molecule has 3 aromatic carbocycles. The smallest absolute Gasteiger partial charge is 0.307 e. The lowest BCUT2D eigenvalue weighted by Gasteiger charge is -2.35. The summed E-state index contributed by atoms with van der Waals surface area (Å²) in [5.41, 5.74) is 11.9. The monoisotopic (exact) mass is 458 g/mol. The Labute approximate surface area is 197 Å². The Kier molecular flexibility index (Phi) is 5.63. The molecule has 174 valence electrons. The number of ether oxygens (including phenoxy) is 2. The van der Waals surface area contributed by atoms with Gasteiger partial charge in [0, 0.05) is 41.2 Å². The molecule has 7 nitrogen and oxygen atoms in total. The zero-order chi connectivity index (χ0) is 23.8. The summed E-state index contributed by atoms with van der Waals surface area (Å²) >= 11 is 0. The molecule has 5 rings (SSSR count). The molecule has 1 aliphatic heterocycles. The molecule has 34 heavy (non-hydrogen) atoms. The van der Waals surface area contributed by atoms with Crippen LogP contribution in [-0.2, 0) is 17.8 Å². The maximum Gasteiger partial charge on any atom is 0.307 e. The third-order valence-corrected chi connectivity index (χ3v) is 6.28. The summed E-state index contributed by atoms with van der Waals surface area (Å²) < 4.78 is 18.0. The number of fused-ring (bicyclic) bond motifs is 2. The summed E-state index contributed by atoms with van der Waals surface area (Å²) in [6, 6.07) is 17.6. The highest BCUT2D eigenvalue weighted by Gasteiger charge is 2.29. The van der Waals surface area contributed by atoms with Crippen LogP contribution in [0.25, 0.3) is 22.1 Å². The number of carbonyl (C=O) groups is 1. The van der Waals surface area contributed by atoms with Crippen LogP contribution in [0.3, 0.4) is 0 Å². The number of aliphatic carboxylic acids is 1. The summed E-state index contributed by atoms with van der Waals surface area (Å²) in [7, 11) is 3.63. The molecule has 0 unspecified atom stereocenters. The third kappa shape index (κ3) is 3.74. The van der Waals surface area contributed by atoms with Crippen molar-refractivity contribution in [2.24, 2.45) is 5.73 Å². The molecular weight excluding hydrogens is 432 g/mol. The highest BCUT2D eigenvalue weighted by atomic mass is 16.5. The number of rotatable bonds is 6. The molecule has 3 N–H and O–H groups in total. The van der Waals surface area contributed by atoms with Crippen LogP contribution in [0.5, 0.6) is 11.5 Å². The van der Waals surface area contributed by atoms with Crippen LogP contribution in [0, 0.1) is 0 Å². The number of nitrogens with zero attached hydrogens (tertiary/aromatic N) is 1. The van der Waals surface area contributed by atoms with Gasteiger partial charge in [-0.2, -0.15) is 0 Å². The van der Waals surface area contributed by atoms with E-state index in [0.29, 0.717) is 24.4 Å². The van der Waals surface area contributed by atoms with Crippen LogP contribution in [-0.4, -0.2) is 31.8 Å². The molecule has 7 heteroatoms. The van der Waals surface area contributed by atoms with Gasteiger partial charge in [0.2, 0.25) is 0 Å². The number of methoxy groups -OCH3 is 1. The molecule has 0 amide bonds. The van der Waals surface area contributed by atoms with E-state index in [1.165, 1.54) is 0 Å². The standard InChI is InChI=1S/C27H26N2O5/c1-29-15-23(34-27-16(13-24(30)31)5-4-8-22(27)29)19-11-17-9-10-33-26(17)21(12-19)20-7-3-6-18(14-28)25(20)32-2/h3-12,23H,13-15,28H2,1-2H3,(H,30,31)/t23-/m0/s1. The van der Waals surface area contributed by atoms with Gasteiger partial charge in [-0.1, -0.05) is 30.3 Å². The first kappa shape index (κ1) is 21.9. The molecule has 0 spiro atoms. The van der Waals surface area contributed by atoms with E-state index in [2.05, 4.69) is 17.0 Å². The van der Waals surface area contributed by atoms with Gasteiger partial charge >= 0.3 is 5.97 Å². The zero-order valence-electron chi connectivity index (χ0n) is 19.1. The molecule has 0 saturated carbocycles. The molecule has 4 aromatic rings. The van der Waals surface area contributed by atoms with Gasteiger partial charge in [-0.15, -0.1) is 0 Å². The van der Waals surface area contributed by atoms with E-state index in [0.717, 1.165) is 44.7 Å². The van der Waals surface area contributed by atoms with Crippen LogP contribution in [0.2, 0.25) is 0 Å². The lowest BCUT2D eigenvalue weighted by atomic mass is 9.95. The number of anilines is 1. The largest absolute Gasteiger partial charge is 0.496 e. The summed E-state index contributed by atoms with van der Waals surface area (Å²) in [6.45, 7) is 0.976. The lowest BCUT2D eigenvalue weighted by molar-refractivity contribution is -0.136. The SMILES string of the molecule is COc1c(CN)cccc1-c1cc([C@@H]2CN(C)c3cccc(CC(=O)O)c3O2)cc2ccoc12. The Morgan fingerprint density at radius 1 is 1.15 bits per heavy atom. The van der Waals surface area contributed by atoms with Crippen molar-refractivity contribution in [3.05, 3.63) is 77.6 Å². The second-order valence-electron chi connectivity index (χ2n) is 8.43. The maximum atomic E-state index is 11.4. The molecule has 0 saturated heterocycles. The number of likely N-dealkylation sites (N-methyl/N-ethyl adjacent to an activating group) is 1. The number of carboxylic acids is 1. The summed E-state index contributed by atoms with van der Waals surface area (Å²) in [4.78, 5) is 13.5. The molecule has 2 heterocycles. The summed E-state index contributed by atoms with van der Waals surface area (Å²) in [6.07, 6.45) is 1.28. The maximum absolute atomic E-state index is 11.4. The molecule has 1 aromatic heterocycles. The minimum atomic E-state index is -0.893. The first-order valence-corrected chi connectivity index (χ1v) is 11.1. The quantitative estimate of drug-likeness (QED) is 0.430. The van der Waals surface area contributed by atoms with Crippen molar-refractivity contribution >= 4 is 22.6 Å². The molecule has 1 aliphatic rings. The Bertz CT molecular complexity index is 1380. The van der Waals surface area contributed by atoms with Crippen molar-refractivity contribution in [2.75, 3.05) is 25.6 Å². The number of carboxylic acid groups (broad SMARTS) is 1. The first-order chi connectivity index (χ1) is 16.5. The average Bonchev–Trinajstić information content (AvgIpc) is 3.31. The molecule has 1 atom stereocenters. The highest BCUT2D eigenvalue weighted by molar-refractivity contribution is 5.95. The van der Waals surface area contributed by atoms with E-state index in [1.54, 1.807) is 19.4 Å². The van der Waals surface area contributed by atoms with Gasteiger partial charge in [0.1, 0.15) is 23.2 Å². The Morgan fingerprint density at radius 3 is 2.71 bits per heavy atom. The van der Waals surface area contributed by atoms with Crippen molar-refractivity contribution in [2.45, 2.75) is 19.1 Å².